The molecule has 5 heteroatoms. The molecule has 3 nitrogen and oxygen atoms in total. The lowest BCUT2D eigenvalue weighted by Crippen LogP contribution is -2.40. The topological polar surface area (TPSA) is 35.5 Å². The van der Waals surface area contributed by atoms with Crippen molar-refractivity contribution < 1.29 is 14.3 Å². The minimum absolute atomic E-state index is 0.0215. The van der Waals surface area contributed by atoms with Gasteiger partial charge in [0.1, 0.15) is 0 Å². The van der Waals surface area contributed by atoms with E-state index in [1.54, 1.807) is 6.92 Å². The second-order valence-electron chi connectivity index (χ2n) is 3.81. The van der Waals surface area contributed by atoms with Gasteiger partial charge in [-0.1, -0.05) is 26.6 Å². The van der Waals surface area contributed by atoms with Crippen LogP contribution in [-0.2, 0) is 14.3 Å². The van der Waals surface area contributed by atoms with Gasteiger partial charge in [-0.25, -0.2) is 4.79 Å². The smallest absolute Gasteiger partial charge is 0.332 e. The Morgan fingerprint density at radius 2 is 2.13 bits per heavy atom. The molecule has 15 heavy (non-hydrogen) atoms. The summed E-state index contributed by atoms with van der Waals surface area (Å²) in [6, 6.07) is 0. The summed E-state index contributed by atoms with van der Waals surface area (Å²) in [7, 11) is -1.88. The van der Waals surface area contributed by atoms with Crippen LogP contribution in [0.1, 0.15) is 20.3 Å². The molecule has 0 aliphatic carbocycles. The van der Waals surface area contributed by atoms with Crippen LogP contribution in [0.25, 0.3) is 0 Å². The van der Waals surface area contributed by atoms with Gasteiger partial charge in [-0.3, -0.25) is 0 Å². The highest BCUT2D eigenvalue weighted by molar-refractivity contribution is 7.19. The highest BCUT2D eigenvalue weighted by Gasteiger charge is 2.31. The van der Waals surface area contributed by atoms with E-state index in [-0.39, 0.29) is 5.73 Å². The number of hydrogen-bond donors (Lipinski definition) is 0. The van der Waals surface area contributed by atoms with Crippen LogP contribution < -0.4 is 0 Å². The average molecular weight is 251 g/mol. The first-order chi connectivity index (χ1) is 6.81. The van der Waals surface area contributed by atoms with Crippen molar-refractivity contribution >= 4 is 24.4 Å². The zero-order valence-electron chi connectivity index (χ0n) is 9.75. The van der Waals surface area contributed by atoms with Gasteiger partial charge in [-0.15, -0.1) is 0 Å². The molecule has 0 fully saturated rings. The van der Waals surface area contributed by atoms with E-state index in [4.69, 9.17) is 20.6 Å². The fourth-order valence-corrected chi connectivity index (χ4v) is 3.32. The van der Waals surface area contributed by atoms with Crippen LogP contribution in [-0.4, -0.2) is 25.4 Å². The fourth-order valence-electron chi connectivity index (χ4n) is 1.21. The van der Waals surface area contributed by atoms with Gasteiger partial charge in [0.15, 0.2) is 13.7 Å². The Morgan fingerprint density at radius 1 is 1.60 bits per heavy atom. The van der Waals surface area contributed by atoms with Crippen molar-refractivity contribution in [1.29, 1.82) is 0 Å². The van der Waals surface area contributed by atoms with Gasteiger partial charge >= 0.3 is 5.97 Å². The number of hydrogen-bond acceptors (Lipinski definition) is 3. The summed E-state index contributed by atoms with van der Waals surface area (Å²) in [6.07, 6.45) is 1.36. The maximum atomic E-state index is 10.9. The van der Waals surface area contributed by atoms with E-state index in [2.05, 4.69) is 6.58 Å². The zero-order chi connectivity index (χ0) is 12.1. The SMILES string of the molecule is C=CC(=O)OC(C)OC(CC)[Si](C)(C)Cl. The first kappa shape index (κ1) is 14.7. The second kappa shape index (κ2) is 6.30. The summed E-state index contributed by atoms with van der Waals surface area (Å²) in [5.74, 6) is -0.480. The van der Waals surface area contributed by atoms with E-state index < -0.39 is 19.6 Å². The molecule has 88 valence electrons. The molecule has 0 rings (SSSR count). The molecule has 0 saturated heterocycles. The van der Waals surface area contributed by atoms with Gasteiger partial charge in [-0.2, -0.15) is 11.1 Å². The first-order valence-corrected chi connectivity index (χ1v) is 9.07. The predicted molar refractivity (Wildman–Crippen MR) is 64.3 cm³/mol. The van der Waals surface area contributed by atoms with E-state index in [0.717, 1.165) is 12.5 Å². The van der Waals surface area contributed by atoms with Crippen molar-refractivity contribution in [1.82, 2.24) is 0 Å². The third-order valence-electron chi connectivity index (χ3n) is 1.94. The predicted octanol–water partition coefficient (Wildman–Crippen LogP) is 2.84. The molecule has 0 N–H and O–H groups in total. The van der Waals surface area contributed by atoms with Gasteiger partial charge in [0.25, 0.3) is 0 Å². The molecule has 0 spiro atoms. The summed E-state index contributed by atoms with van der Waals surface area (Å²) in [5, 5.41) is 0. The van der Waals surface area contributed by atoms with Crippen LogP contribution in [0.4, 0.5) is 0 Å². The van der Waals surface area contributed by atoms with Crippen molar-refractivity contribution in [3.8, 4) is 0 Å². The lowest BCUT2D eigenvalue weighted by molar-refractivity contribution is -0.172. The highest BCUT2D eigenvalue weighted by Crippen LogP contribution is 2.20. The maximum absolute atomic E-state index is 10.9. The molecule has 2 unspecified atom stereocenters. The Hall–Kier alpha value is -0.323. The summed E-state index contributed by atoms with van der Waals surface area (Å²) >= 11 is 6.27. The van der Waals surface area contributed by atoms with Crippen molar-refractivity contribution in [2.24, 2.45) is 0 Å². The number of carbonyl (C=O) groups is 1. The van der Waals surface area contributed by atoms with Crippen LogP contribution in [0.3, 0.4) is 0 Å². The largest absolute Gasteiger partial charge is 0.433 e. The molecule has 0 heterocycles. The molecule has 2 atom stereocenters. The van der Waals surface area contributed by atoms with Crippen LogP contribution >= 0.6 is 11.1 Å². The third kappa shape index (κ3) is 5.97. The Labute approximate surface area is 97.1 Å². The van der Waals surface area contributed by atoms with Crippen molar-refractivity contribution in [2.75, 3.05) is 0 Å². The molecule has 0 amide bonds. The standard InChI is InChI=1S/C10H19ClO3Si/c1-6-9(12)13-8(3)14-10(7-2)15(4,5)11/h6,8,10H,1,7H2,2-5H3. The van der Waals surface area contributed by atoms with Crippen molar-refractivity contribution in [3.05, 3.63) is 12.7 Å². The van der Waals surface area contributed by atoms with E-state index in [0.29, 0.717) is 0 Å². The molecular weight excluding hydrogens is 232 g/mol. The molecule has 0 radical (unpaired) electrons. The Morgan fingerprint density at radius 3 is 2.47 bits per heavy atom. The fraction of sp³-hybridized carbons (Fsp3) is 0.700. The second-order valence-corrected chi connectivity index (χ2v) is 10.5. The van der Waals surface area contributed by atoms with E-state index in [1.807, 2.05) is 20.0 Å². The summed E-state index contributed by atoms with van der Waals surface area (Å²) < 4.78 is 10.5. The van der Waals surface area contributed by atoms with Crippen LogP contribution in [0, 0.1) is 0 Å². The minimum atomic E-state index is -1.88. The normalized spacial score (nSPS) is 15.5. The molecule has 0 aliphatic heterocycles. The Kier molecular flexibility index (Phi) is 6.17. The number of rotatable bonds is 6. The molecule has 0 aromatic heterocycles. The van der Waals surface area contributed by atoms with E-state index in [9.17, 15) is 4.79 Å². The number of esters is 1. The third-order valence-corrected chi connectivity index (χ3v) is 4.75. The number of ether oxygens (including phenoxy) is 2. The van der Waals surface area contributed by atoms with Gasteiger partial charge < -0.3 is 9.47 Å². The average Bonchev–Trinajstić information content (AvgIpc) is 2.12. The van der Waals surface area contributed by atoms with Gasteiger partial charge in [-0.05, 0) is 13.3 Å². The monoisotopic (exact) mass is 250 g/mol. The van der Waals surface area contributed by atoms with Gasteiger partial charge in [0.05, 0.1) is 5.73 Å². The zero-order valence-corrected chi connectivity index (χ0v) is 11.5. The van der Waals surface area contributed by atoms with Crippen LogP contribution in [0.5, 0.6) is 0 Å². The highest BCUT2D eigenvalue weighted by atomic mass is 35.6. The summed E-state index contributed by atoms with van der Waals surface area (Å²) in [4.78, 5) is 10.9. The van der Waals surface area contributed by atoms with E-state index >= 15 is 0 Å². The van der Waals surface area contributed by atoms with Crippen molar-refractivity contribution in [3.63, 3.8) is 0 Å². The molecular formula is C10H19ClO3Si. The Balaban J connectivity index is 4.19. The van der Waals surface area contributed by atoms with E-state index in [1.165, 1.54) is 0 Å². The number of carbonyl (C=O) groups excluding carboxylic acids is 1. The molecule has 0 saturated carbocycles. The molecule has 0 aromatic rings. The minimum Gasteiger partial charge on any atom is -0.433 e. The molecule has 0 bridgehead atoms. The Bertz CT molecular complexity index is 225. The summed E-state index contributed by atoms with van der Waals surface area (Å²) in [6.45, 7) is 11.0. The van der Waals surface area contributed by atoms with Crippen LogP contribution in [0.15, 0.2) is 12.7 Å². The first-order valence-electron chi connectivity index (χ1n) is 4.98. The van der Waals surface area contributed by atoms with Crippen molar-refractivity contribution in [2.45, 2.75) is 45.4 Å². The summed E-state index contributed by atoms with van der Waals surface area (Å²) in [5.41, 5.74) is -0.0215. The lowest BCUT2D eigenvalue weighted by Gasteiger charge is -2.28. The molecule has 0 aromatic carbocycles. The molecule has 0 aliphatic rings. The quantitative estimate of drug-likeness (QED) is 0.239. The van der Waals surface area contributed by atoms with Crippen LogP contribution in [0.2, 0.25) is 13.1 Å². The number of halogens is 1. The van der Waals surface area contributed by atoms with Gasteiger partial charge in [0.2, 0.25) is 0 Å². The maximum Gasteiger partial charge on any atom is 0.332 e. The van der Waals surface area contributed by atoms with Gasteiger partial charge in [0, 0.05) is 6.08 Å². The lowest BCUT2D eigenvalue weighted by atomic mass is 10.5.